The van der Waals surface area contributed by atoms with E-state index in [4.69, 9.17) is 26.8 Å². The van der Waals surface area contributed by atoms with Crippen LogP contribution in [0.1, 0.15) is 50.8 Å². The maximum absolute atomic E-state index is 13.9. The number of halogens is 2. The Bertz CT molecular complexity index is 1480. The summed E-state index contributed by atoms with van der Waals surface area (Å²) in [5, 5.41) is 17.3. The van der Waals surface area contributed by atoms with Gasteiger partial charge in [-0.25, -0.2) is 9.18 Å². The van der Waals surface area contributed by atoms with Gasteiger partial charge in [0.15, 0.2) is 6.79 Å². The highest BCUT2D eigenvalue weighted by Gasteiger charge is 2.32. The van der Waals surface area contributed by atoms with E-state index in [2.05, 4.69) is 42.5 Å². The Labute approximate surface area is 244 Å². The number of carbonyl (C=O) groups excluding carboxylic acids is 1. The first-order chi connectivity index (χ1) is 19.5. The van der Waals surface area contributed by atoms with Crippen LogP contribution in [0.25, 0.3) is 10.9 Å². The first-order valence-corrected chi connectivity index (χ1v) is 13.6. The molecular formula is C30H34ClFN6O3. The molecule has 4 rings (SSSR count). The second-order valence-corrected chi connectivity index (χ2v) is 11.5. The predicted molar refractivity (Wildman–Crippen MR) is 158 cm³/mol. The number of nitrogens with zero attached hydrogens (tertiary/aromatic N) is 3. The fourth-order valence-corrected chi connectivity index (χ4v) is 4.49. The van der Waals surface area contributed by atoms with Crippen LogP contribution in [0.3, 0.4) is 0 Å². The van der Waals surface area contributed by atoms with Crippen molar-refractivity contribution < 1.29 is 18.7 Å². The molecule has 1 aliphatic rings. The maximum Gasteiger partial charge on any atom is 0.417 e. The van der Waals surface area contributed by atoms with Gasteiger partial charge in [0.1, 0.15) is 17.9 Å². The van der Waals surface area contributed by atoms with E-state index in [1.807, 2.05) is 0 Å². The molecule has 2 aromatic carbocycles. The smallest absolute Gasteiger partial charge is 0.417 e. The molecule has 3 aromatic rings. The van der Waals surface area contributed by atoms with Crippen molar-refractivity contribution in [3.63, 3.8) is 0 Å². The zero-order valence-electron chi connectivity index (χ0n) is 23.5. The Kier molecular flexibility index (Phi) is 9.21. The molecule has 1 aliphatic carbocycles. The molecule has 1 saturated carbocycles. The summed E-state index contributed by atoms with van der Waals surface area (Å²) >= 11 is 6.75. The summed E-state index contributed by atoms with van der Waals surface area (Å²) < 4.78 is 24.3. The topological polar surface area (TPSA) is 126 Å². The molecule has 1 amide bonds. The van der Waals surface area contributed by atoms with Crippen LogP contribution >= 0.6 is 11.6 Å². The molecule has 0 saturated heterocycles. The molecule has 0 bridgehead atoms. The van der Waals surface area contributed by atoms with E-state index in [1.165, 1.54) is 30.3 Å². The van der Waals surface area contributed by atoms with Gasteiger partial charge in [0.25, 0.3) is 0 Å². The molecule has 9 nitrogen and oxygen atoms in total. The standard InChI is InChI=1S/C30H34ClFN6O3/c1-30(2,3)16-37-26-19(13-33)14-36-27-23(26)11-22(12-24(27)31)38(29(39)41-17-40-4)28(18-5-7-20(32)8-6-18)25(34)15-35-21-9-10-21/h5-8,11-12,14-15,21,28,35H,9-10,16-17,34H2,1-4H3,(H,36,37)/b25-15-. The number of methoxy groups -OCH3 is 1. The number of aromatic nitrogens is 1. The number of nitrogens with two attached hydrogens (primary N) is 1. The number of nitriles is 1. The molecule has 216 valence electrons. The summed E-state index contributed by atoms with van der Waals surface area (Å²) in [7, 11) is 1.40. The zero-order chi connectivity index (χ0) is 29.7. The van der Waals surface area contributed by atoms with E-state index in [9.17, 15) is 14.4 Å². The molecular weight excluding hydrogens is 547 g/mol. The molecule has 4 N–H and O–H groups in total. The monoisotopic (exact) mass is 580 g/mol. The lowest BCUT2D eigenvalue weighted by Crippen LogP contribution is -2.39. The van der Waals surface area contributed by atoms with Gasteiger partial charge >= 0.3 is 6.09 Å². The third kappa shape index (κ3) is 7.37. The normalized spacial score (nSPS) is 14.3. The van der Waals surface area contributed by atoms with Crippen LogP contribution < -0.4 is 21.3 Å². The average Bonchev–Trinajstić information content (AvgIpc) is 3.76. The fraction of sp³-hybridized carbons (Fsp3) is 0.367. The first-order valence-electron chi connectivity index (χ1n) is 13.2. The van der Waals surface area contributed by atoms with Crippen LogP contribution in [-0.4, -0.2) is 37.6 Å². The highest BCUT2D eigenvalue weighted by atomic mass is 35.5. The van der Waals surface area contributed by atoms with Gasteiger partial charge < -0.3 is 25.8 Å². The molecule has 0 radical (unpaired) electrons. The molecule has 0 aliphatic heterocycles. The lowest BCUT2D eigenvalue weighted by molar-refractivity contribution is 0.0145. The van der Waals surface area contributed by atoms with Crippen LogP contribution in [0.5, 0.6) is 0 Å². The van der Waals surface area contributed by atoms with Crippen molar-refractivity contribution in [3.05, 3.63) is 76.5 Å². The van der Waals surface area contributed by atoms with Crippen molar-refractivity contribution in [2.24, 2.45) is 11.1 Å². The number of hydrogen-bond donors (Lipinski definition) is 3. The molecule has 1 atom stereocenters. The molecule has 11 heteroatoms. The zero-order valence-corrected chi connectivity index (χ0v) is 24.3. The van der Waals surface area contributed by atoms with Crippen LogP contribution in [0.2, 0.25) is 5.02 Å². The quantitative estimate of drug-likeness (QED) is 0.242. The number of anilines is 2. The van der Waals surface area contributed by atoms with E-state index >= 15 is 0 Å². The van der Waals surface area contributed by atoms with Crippen molar-refractivity contribution in [1.82, 2.24) is 10.3 Å². The van der Waals surface area contributed by atoms with E-state index < -0.39 is 18.0 Å². The number of hydrogen-bond acceptors (Lipinski definition) is 8. The van der Waals surface area contributed by atoms with Crippen molar-refractivity contribution in [3.8, 4) is 6.07 Å². The lowest BCUT2D eigenvalue weighted by Gasteiger charge is -2.32. The number of rotatable bonds is 10. The third-order valence-electron chi connectivity index (χ3n) is 6.42. The van der Waals surface area contributed by atoms with Crippen molar-refractivity contribution >= 4 is 40.0 Å². The molecule has 41 heavy (non-hydrogen) atoms. The number of fused-ring (bicyclic) bond motifs is 1. The maximum atomic E-state index is 13.9. The first kappa shape index (κ1) is 29.9. The van der Waals surface area contributed by atoms with Gasteiger partial charge in [0.2, 0.25) is 0 Å². The van der Waals surface area contributed by atoms with Gasteiger partial charge in [0.05, 0.1) is 33.2 Å². The van der Waals surface area contributed by atoms with Gasteiger partial charge in [-0.2, -0.15) is 5.26 Å². The summed E-state index contributed by atoms with van der Waals surface area (Å²) in [6, 6.07) is 10.6. The predicted octanol–water partition coefficient (Wildman–Crippen LogP) is 6.20. The molecule has 1 aromatic heterocycles. The second kappa shape index (κ2) is 12.6. The summed E-state index contributed by atoms with van der Waals surface area (Å²) in [6.45, 7) is 6.45. The van der Waals surface area contributed by atoms with Gasteiger partial charge in [-0.05, 0) is 48.1 Å². The SMILES string of the molecule is COCOC(=O)N(c1cc(Cl)c2ncc(C#N)c(NCC(C)(C)C)c2c1)C(/C(N)=C/NC1CC1)c1ccc(F)cc1. The second-order valence-electron chi connectivity index (χ2n) is 11.1. The number of benzene rings is 2. The number of amides is 1. The Balaban J connectivity index is 1.93. The largest absolute Gasteiger partial charge is 0.422 e. The van der Waals surface area contributed by atoms with Crippen molar-refractivity contribution in [2.75, 3.05) is 30.7 Å². The highest BCUT2D eigenvalue weighted by Crippen LogP contribution is 2.39. The minimum atomic E-state index is -0.905. The van der Waals surface area contributed by atoms with Gasteiger partial charge in [-0.1, -0.05) is 44.5 Å². The van der Waals surface area contributed by atoms with Crippen molar-refractivity contribution in [1.29, 1.82) is 5.26 Å². The average molecular weight is 581 g/mol. The Hall–Kier alpha value is -4.07. The summed E-state index contributed by atoms with van der Waals surface area (Å²) in [5.41, 5.74) is 9.00. The summed E-state index contributed by atoms with van der Waals surface area (Å²) in [5.74, 6) is -0.432. The molecule has 0 spiro atoms. The minimum absolute atomic E-state index is 0.0960. The fourth-order valence-electron chi connectivity index (χ4n) is 4.23. The van der Waals surface area contributed by atoms with Crippen LogP contribution in [0, 0.1) is 22.6 Å². The number of carbonyl (C=O) groups is 1. The van der Waals surface area contributed by atoms with Crippen molar-refractivity contribution in [2.45, 2.75) is 45.7 Å². The van der Waals surface area contributed by atoms with Crippen LogP contribution in [0.15, 0.2) is 54.5 Å². The number of pyridine rings is 1. The number of nitrogens with one attached hydrogen (secondary N) is 2. The summed E-state index contributed by atoms with van der Waals surface area (Å²) in [4.78, 5) is 19.4. The molecule has 1 heterocycles. The van der Waals surface area contributed by atoms with E-state index in [1.54, 1.807) is 30.5 Å². The number of ether oxygens (including phenoxy) is 2. The van der Waals surface area contributed by atoms with E-state index in [-0.39, 0.29) is 17.2 Å². The Morgan fingerprint density at radius 1 is 1.32 bits per heavy atom. The lowest BCUT2D eigenvalue weighted by atomic mass is 9.96. The van der Waals surface area contributed by atoms with Crippen LogP contribution in [0.4, 0.5) is 20.6 Å². The van der Waals surface area contributed by atoms with Gasteiger partial charge in [0, 0.05) is 37.5 Å². The van der Waals surface area contributed by atoms with E-state index in [0.29, 0.717) is 51.7 Å². The highest BCUT2D eigenvalue weighted by molar-refractivity contribution is 6.36. The van der Waals surface area contributed by atoms with E-state index in [0.717, 1.165) is 12.8 Å². The Morgan fingerprint density at radius 2 is 2.02 bits per heavy atom. The minimum Gasteiger partial charge on any atom is -0.422 e. The molecule has 1 unspecified atom stereocenters. The Morgan fingerprint density at radius 3 is 2.63 bits per heavy atom. The van der Waals surface area contributed by atoms with Crippen LogP contribution in [-0.2, 0) is 9.47 Å². The third-order valence-corrected chi connectivity index (χ3v) is 6.71. The van der Waals surface area contributed by atoms with Gasteiger partial charge in [-0.3, -0.25) is 9.88 Å². The summed E-state index contributed by atoms with van der Waals surface area (Å²) in [6.07, 6.45) is 4.39. The van der Waals surface area contributed by atoms with Gasteiger partial charge in [-0.15, -0.1) is 0 Å². The molecule has 1 fully saturated rings.